The number of rotatable bonds is 4. The van der Waals surface area contributed by atoms with Crippen LogP contribution in [0.3, 0.4) is 0 Å². The van der Waals surface area contributed by atoms with Crippen molar-refractivity contribution in [1.82, 2.24) is 19.7 Å². The molecule has 2 saturated carbocycles. The van der Waals surface area contributed by atoms with Gasteiger partial charge in [-0.05, 0) is 51.5 Å². The van der Waals surface area contributed by atoms with E-state index in [4.69, 9.17) is 4.98 Å². The van der Waals surface area contributed by atoms with Gasteiger partial charge in [-0.15, -0.1) is 0 Å². The SMILES string of the molecule is Cc1cc(NC2CCC(n3ncccc3=O)CC2)nc(C2CC2)n1. The van der Waals surface area contributed by atoms with Gasteiger partial charge in [-0.2, -0.15) is 5.10 Å². The molecule has 2 aliphatic carbocycles. The Morgan fingerprint density at radius 3 is 2.62 bits per heavy atom. The van der Waals surface area contributed by atoms with Crippen molar-refractivity contribution in [3.8, 4) is 0 Å². The molecule has 0 radical (unpaired) electrons. The zero-order valence-electron chi connectivity index (χ0n) is 14.0. The van der Waals surface area contributed by atoms with Crippen molar-refractivity contribution in [3.05, 3.63) is 46.3 Å². The minimum atomic E-state index is -0.00518. The van der Waals surface area contributed by atoms with Crippen LogP contribution < -0.4 is 10.9 Å². The summed E-state index contributed by atoms with van der Waals surface area (Å²) in [6.45, 7) is 2.03. The van der Waals surface area contributed by atoms with E-state index in [2.05, 4.69) is 15.4 Å². The van der Waals surface area contributed by atoms with Crippen LogP contribution in [0, 0.1) is 6.92 Å². The summed E-state index contributed by atoms with van der Waals surface area (Å²) >= 11 is 0. The molecule has 0 unspecified atom stereocenters. The Morgan fingerprint density at radius 1 is 1.12 bits per heavy atom. The van der Waals surface area contributed by atoms with Gasteiger partial charge in [0.2, 0.25) is 0 Å². The molecule has 1 N–H and O–H groups in total. The lowest BCUT2D eigenvalue weighted by Crippen LogP contribution is -2.33. The highest BCUT2D eigenvalue weighted by atomic mass is 16.1. The Morgan fingerprint density at radius 2 is 1.92 bits per heavy atom. The van der Waals surface area contributed by atoms with Crippen molar-refractivity contribution < 1.29 is 0 Å². The van der Waals surface area contributed by atoms with Crippen molar-refractivity contribution in [3.63, 3.8) is 0 Å². The van der Waals surface area contributed by atoms with E-state index in [0.29, 0.717) is 12.0 Å². The summed E-state index contributed by atoms with van der Waals surface area (Å²) in [6.07, 6.45) is 8.10. The molecular formula is C18H23N5O. The predicted octanol–water partition coefficient (Wildman–Crippen LogP) is 2.81. The number of aryl methyl sites for hydroxylation is 1. The van der Waals surface area contributed by atoms with E-state index in [1.165, 1.54) is 12.8 Å². The lowest BCUT2D eigenvalue weighted by molar-refractivity contribution is 0.303. The molecule has 4 rings (SSSR count). The monoisotopic (exact) mass is 325 g/mol. The maximum absolute atomic E-state index is 11.9. The van der Waals surface area contributed by atoms with Crippen LogP contribution in [0.5, 0.6) is 0 Å². The molecule has 0 bridgehead atoms. The van der Waals surface area contributed by atoms with Crippen LogP contribution in [-0.4, -0.2) is 25.8 Å². The van der Waals surface area contributed by atoms with E-state index in [1.807, 2.05) is 13.0 Å². The summed E-state index contributed by atoms with van der Waals surface area (Å²) in [6, 6.07) is 5.93. The van der Waals surface area contributed by atoms with Crippen molar-refractivity contribution in [1.29, 1.82) is 0 Å². The molecule has 0 amide bonds. The molecule has 2 aliphatic rings. The normalized spacial score (nSPS) is 23.9. The van der Waals surface area contributed by atoms with Crippen molar-refractivity contribution in [2.45, 2.75) is 63.5 Å². The van der Waals surface area contributed by atoms with Crippen LogP contribution in [0.4, 0.5) is 5.82 Å². The molecule has 24 heavy (non-hydrogen) atoms. The molecule has 0 atom stereocenters. The molecule has 0 saturated heterocycles. The number of anilines is 1. The van der Waals surface area contributed by atoms with Gasteiger partial charge in [0.25, 0.3) is 5.56 Å². The van der Waals surface area contributed by atoms with Crippen LogP contribution >= 0.6 is 0 Å². The maximum atomic E-state index is 11.9. The van der Waals surface area contributed by atoms with Crippen LogP contribution in [0.2, 0.25) is 0 Å². The van der Waals surface area contributed by atoms with Gasteiger partial charge in [0.05, 0.1) is 6.04 Å². The Hall–Kier alpha value is -2.24. The summed E-state index contributed by atoms with van der Waals surface area (Å²) in [5.74, 6) is 2.51. The van der Waals surface area contributed by atoms with Gasteiger partial charge in [-0.1, -0.05) is 0 Å². The first-order chi connectivity index (χ1) is 11.7. The summed E-state index contributed by atoms with van der Waals surface area (Å²) in [5.41, 5.74) is 1.03. The number of nitrogens with zero attached hydrogens (tertiary/aromatic N) is 4. The second-order valence-electron chi connectivity index (χ2n) is 6.98. The van der Waals surface area contributed by atoms with Gasteiger partial charge < -0.3 is 5.32 Å². The fourth-order valence-corrected chi connectivity index (χ4v) is 3.51. The smallest absolute Gasteiger partial charge is 0.266 e. The molecule has 0 aliphatic heterocycles. The van der Waals surface area contributed by atoms with E-state index in [0.717, 1.165) is 43.0 Å². The lowest BCUT2D eigenvalue weighted by atomic mass is 9.91. The van der Waals surface area contributed by atoms with Crippen LogP contribution in [0.25, 0.3) is 0 Å². The molecule has 2 aromatic rings. The number of nitrogens with one attached hydrogen (secondary N) is 1. The molecule has 126 valence electrons. The van der Waals surface area contributed by atoms with E-state index >= 15 is 0 Å². The number of hydrogen-bond donors (Lipinski definition) is 1. The lowest BCUT2D eigenvalue weighted by Gasteiger charge is -2.29. The van der Waals surface area contributed by atoms with Crippen molar-refractivity contribution >= 4 is 5.82 Å². The van der Waals surface area contributed by atoms with E-state index in [9.17, 15) is 4.79 Å². The van der Waals surface area contributed by atoms with Gasteiger partial charge in [-0.25, -0.2) is 14.6 Å². The quantitative estimate of drug-likeness (QED) is 0.936. The average molecular weight is 325 g/mol. The maximum Gasteiger partial charge on any atom is 0.266 e. The Labute approximate surface area is 141 Å². The molecule has 2 fully saturated rings. The molecule has 2 aromatic heterocycles. The minimum Gasteiger partial charge on any atom is -0.367 e. The molecule has 6 nitrogen and oxygen atoms in total. The van der Waals surface area contributed by atoms with Gasteiger partial charge in [0.15, 0.2) is 0 Å². The standard InChI is InChI=1S/C18H23N5O/c1-12-11-16(22-18(20-12)13-4-5-13)21-14-6-8-15(9-7-14)23-17(24)3-2-10-19-23/h2-3,10-11,13-15H,4-9H2,1H3,(H,20,21,22). The second-order valence-corrected chi connectivity index (χ2v) is 6.98. The average Bonchev–Trinajstić information content (AvgIpc) is 3.41. The minimum absolute atomic E-state index is 0.00518. The van der Waals surface area contributed by atoms with E-state index < -0.39 is 0 Å². The van der Waals surface area contributed by atoms with Crippen LogP contribution in [0.1, 0.15) is 62.0 Å². The third-order valence-electron chi connectivity index (χ3n) is 4.95. The fraction of sp³-hybridized carbons (Fsp3) is 0.556. The van der Waals surface area contributed by atoms with Gasteiger partial charge in [-0.3, -0.25) is 4.79 Å². The first-order valence-electron chi connectivity index (χ1n) is 8.85. The van der Waals surface area contributed by atoms with Gasteiger partial charge >= 0.3 is 0 Å². The summed E-state index contributed by atoms with van der Waals surface area (Å²) in [7, 11) is 0. The van der Waals surface area contributed by atoms with Crippen LogP contribution in [-0.2, 0) is 0 Å². The Balaban J connectivity index is 1.40. The molecular weight excluding hydrogens is 302 g/mol. The number of hydrogen-bond acceptors (Lipinski definition) is 5. The first-order valence-corrected chi connectivity index (χ1v) is 8.85. The molecule has 6 heteroatoms. The summed E-state index contributed by atoms with van der Waals surface area (Å²) in [5, 5.41) is 7.80. The third-order valence-corrected chi connectivity index (χ3v) is 4.95. The second kappa shape index (κ2) is 6.34. The number of aromatic nitrogens is 4. The summed E-state index contributed by atoms with van der Waals surface area (Å²) in [4.78, 5) is 21.1. The zero-order valence-corrected chi connectivity index (χ0v) is 14.0. The highest BCUT2D eigenvalue weighted by Gasteiger charge is 2.28. The van der Waals surface area contributed by atoms with Crippen LogP contribution in [0.15, 0.2) is 29.2 Å². The zero-order chi connectivity index (χ0) is 16.5. The third kappa shape index (κ3) is 3.32. The highest BCUT2D eigenvalue weighted by molar-refractivity contribution is 5.38. The molecule has 0 spiro atoms. The first kappa shape index (κ1) is 15.3. The molecule has 0 aromatic carbocycles. The fourth-order valence-electron chi connectivity index (χ4n) is 3.51. The van der Waals surface area contributed by atoms with Crippen molar-refractivity contribution in [2.75, 3.05) is 5.32 Å². The summed E-state index contributed by atoms with van der Waals surface area (Å²) < 4.78 is 1.64. The van der Waals surface area contributed by atoms with E-state index in [1.54, 1.807) is 23.0 Å². The highest BCUT2D eigenvalue weighted by Crippen LogP contribution is 2.38. The molecule has 2 heterocycles. The van der Waals surface area contributed by atoms with E-state index in [-0.39, 0.29) is 11.6 Å². The van der Waals surface area contributed by atoms with Gasteiger partial charge in [0.1, 0.15) is 11.6 Å². The Kier molecular flexibility index (Phi) is 4.04. The van der Waals surface area contributed by atoms with Crippen molar-refractivity contribution in [2.24, 2.45) is 0 Å². The predicted molar refractivity (Wildman–Crippen MR) is 92.2 cm³/mol. The van der Waals surface area contributed by atoms with Gasteiger partial charge in [0, 0.05) is 36.0 Å². The largest absolute Gasteiger partial charge is 0.367 e. The Bertz CT molecular complexity index is 775. The topological polar surface area (TPSA) is 72.7 Å².